The van der Waals surface area contributed by atoms with Crippen molar-refractivity contribution in [2.45, 2.75) is 18.3 Å². The summed E-state index contributed by atoms with van der Waals surface area (Å²) in [5, 5.41) is 15.3. The smallest absolute Gasteiger partial charge is 0.0265 e. The normalized spacial score (nSPS) is 19.5. The molecule has 0 radical (unpaired) electrons. The average molecular weight is 699 g/mol. The number of benzene rings is 7. The Morgan fingerprint density at radius 1 is 0.519 bits per heavy atom. The van der Waals surface area contributed by atoms with Gasteiger partial charge in [0, 0.05) is 22.7 Å². The van der Waals surface area contributed by atoms with E-state index in [0.29, 0.717) is 0 Å². The van der Waals surface area contributed by atoms with Crippen LogP contribution >= 0.6 is 23.1 Å². The maximum Gasteiger partial charge on any atom is 0.0265 e. The van der Waals surface area contributed by atoms with Gasteiger partial charge in [-0.05, 0) is 110 Å². The summed E-state index contributed by atoms with van der Waals surface area (Å²) in [6, 6.07) is 49.7. The number of thiophene rings is 1. The number of rotatable bonds is 4. The van der Waals surface area contributed by atoms with Crippen molar-refractivity contribution in [1.29, 1.82) is 0 Å². The molecule has 1 aromatic heterocycles. The first-order chi connectivity index (χ1) is 25.8. The van der Waals surface area contributed by atoms with Gasteiger partial charge in [-0.1, -0.05) is 170 Å². The molecule has 52 heavy (non-hydrogen) atoms. The molecule has 3 aliphatic rings. The van der Waals surface area contributed by atoms with Crippen LogP contribution in [-0.4, -0.2) is 0 Å². The topological polar surface area (TPSA) is 0 Å². The van der Waals surface area contributed by atoms with Gasteiger partial charge in [0.25, 0.3) is 0 Å². The first-order valence-electron chi connectivity index (χ1n) is 18.3. The van der Waals surface area contributed by atoms with Gasteiger partial charge in [0.1, 0.15) is 0 Å². The van der Waals surface area contributed by atoms with Gasteiger partial charge in [-0.15, -0.1) is 0 Å². The van der Waals surface area contributed by atoms with Crippen LogP contribution in [0.2, 0.25) is 0 Å². The lowest BCUT2D eigenvalue weighted by Gasteiger charge is -2.30. The van der Waals surface area contributed by atoms with Crippen molar-refractivity contribution in [2.24, 2.45) is 5.92 Å². The third-order valence-electron chi connectivity index (χ3n) is 11.6. The van der Waals surface area contributed by atoms with Crippen LogP contribution in [0.4, 0.5) is 0 Å². The van der Waals surface area contributed by atoms with Gasteiger partial charge in [0.05, 0.1) is 0 Å². The van der Waals surface area contributed by atoms with E-state index in [4.69, 9.17) is 0 Å². The fraction of sp³-hybridized carbons (Fsp3) is 0.0800. The van der Waals surface area contributed by atoms with Gasteiger partial charge in [-0.25, -0.2) is 0 Å². The zero-order valence-electron chi connectivity index (χ0n) is 28.5. The minimum atomic E-state index is 0.226. The molecule has 246 valence electrons. The summed E-state index contributed by atoms with van der Waals surface area (Å²) in [5.41, 5.74) is 9.68. The monoisotopic (exact) mass is 698 g/mol. The standard InChI is InChI=1S/C50H34S2/c1-2-14-31(15-3-1)45-33-16-4-10-22-39(33)48(40-23-11-5-17-34(40)45)42-25-12-26-43-49-41(24-13-27-44(49)52-50(42)43)47-37-20-8-6-18-35(37)46(32-28-29-51-30-32)36-19-7-9-21-38(36)47/h1-24,26-30,41-42,49H,25H2. The molecule has 0 bridgehead atoms. The number of hydrogen-bond donors (Lipinski definition) is 0. The number of allylic oxidation sites excluding steroid dienone is 8. The Bertz CT molecular complexity index is 2730. The van der Waals surface area contributed by atoms with Crippen molar-refractivity contribution in [2.75, 3.05) is 0 Å². The van der Waals surface area contributed by atoms with E-state index in [1.54, 1.807) is 11.3 Å². The van der Waals surface area contributed by atoms with Crippen molar-refractivity contribution < 1.29 is 0 Å². The summed E-state index contributed by atoms with van der Waals surface area (Å²) >= 11 is 3.82. The number of fused-ring (bicyclic) bond motifs is 6. The van der Waals surface area contributed by atoms with E-state index in [-0.39, 0.29) is 17.8 Å². The van der Waals surface area contributed by atoms with Crippen LogP contribution in [0.15, 0.2) is 190 Å². The average Bonchev–Trinajstić information content (AvgIpc) is 3.88. The lowest BCUT2D eigenvalue weighted by atomic mass is 9.72. The van der Waals surface area contributed by atoms with Crippen molar-refractivity contribution in [3.63, 3.8) is 0 Å². The predicted molar refractivity (Wildman–Crippen MR) is 226 cm³/mol. The van der Waals surface area contributed by atoms with E-state index in [2.05, 4.69) is 175 Å². The Morgan fingerprint density at radius 3 is 1.63 bits per heavy atom. The van der Waals surface area contributed by atoms with E-state index in [1.807, 2.05) is 11.8 Å². The molecule has 3 unspecified atom stereocenters. The lowest BCUT2D eigenvalue weighted by Crippen LogP contribution is -2.16. The van der Waals surface area contributed by atoms with E-state index >= 15 is 0 Å². The highest BCUT2D eigenvalue weighted by molar-refractivity contribution is 8.07. The lowest BCUT2D eigenvalue weighted by molar-refractivity contribution is 0.666. The molecule has 0 N–H and O–H groups in total. The first kappa shape index (κ1) is 30.2. The van der Waals surface area contributed by atoms with E-state index in [9.17, 15) is 0 Å². The zero-order chi connectivity index (χ0) is 34.2. The van der Waals surface area contributed by atoms with Crippen molar-refractivity contribution >= 4 is 66.2 Å². The number of thioether (sulfide) groups is 1. The molecule has 2 aliphatic carbocycles. The minimum absolute atomic E-state index is 0.226. The Morgan fingerprint density at radius 2 is 1.06 bits per heavy atom. The van der Waals surface area contributed by atoms with E-state index in [0.717, 1.165) is 6.42 Å². The summed E-state index contributed by atoms with van der Waals surface area (Å²) in [7, 11) is 0. The molecular weight excluding hydrogens is 665 g/mol. The molecule has 0 saturated heterocycles. The van der Waals surface area contributed by atoms with Crippen molar-refractivity contribution in [3.8, 4) is 22.3 Å². The largest absolute Gasteiger partial charge is 0.152 e. The highest BCUT2D eigenvalue weighted by atomic mass is 32.2. The second-order valence-corrected chi connectivity index (χ2v) is 16.1. The highest BCUT2D eigenvalue weighted by Crippen LogP contribution is 2.61. The minimum Gasteiger partial charge on any atom is -0.152 e. The van der Waals surface area contributed by atoms with Crippen molar-refractivity contribution in [1.82, 2.24) is 0 Å². The molecule has 7 aromatic carbocycles. The van der Waals surface area contributed by atoms with Crippen LogP contribution in [0, 0.1) is 5.92 Å². The van der Waals surface area contributed by atoms with Crippen LogP contribution in [0.5, 0.6) is 0 Å². The van der Waals surface area contributed by atoms with Gasteiger partial charge in [0.15, 0.2) is 0 Å². The summed E-state index contributed by atoms with van der Waals surface area (Å²) in [4.78, 5) is 3.00. The summed E-state index contributed by atoms with van der Waals surface area (Å²) in [5.74, 6) is 0.791. The van der Waals surface area contributed by atoms with E-state index in [1.165, 1.54) is 91.9 Å². The third kappa shape index (κ3) is 4.48. The van der Waals surface area contributed by atoms with Crippen LogP contribution in [0.25, 0.3) is 65.3 Å². The molecule has 2 heterocycles. The van der Waals surface area contributed by atoms with Gasteiger partial charge < -0.3 is 0 Å². The molecule has 1 aliphatic heterocycles. The molecule has 0 nitrogen and oxygen atoms in total. The molecule has 2 heteroatoms. The summed E-state index contributed by atoms with van der Waals surface area (Å²) in [6.45, 7) is 0. The Balaban J connectivity index is 1.13. The fourth-order valence-electron chi connectivity index (χ4n) is 9.55. The van der Waals surface area contributed by atoms with Crippen LogP contribution in [-0.2, 0) is 0 Å². The fourth-order valence-corrected chi connectivity index (χ4v) is 11.7. The molecular formula is C50H34S2. The Hall–Kier alpha value is -5.41. The predicted octanol–water partition coefficient (Wildman–Crippen LogP) is 14.6. The quantitative estimate of drug-likeness (QED) is 0.165. The van der Waals surface area contributed by atoms with E-state index < -0.39 is 0 Å². The molecule has 0 saturated carbocycles. The Labute approximate surface area is 312 Å². The molecule has 0 amide bonds. The van der Waals surface area contributed by atoms with Crippen LogP contribution in [0.1, 0.15) is 29.4 Å². The van der Waals surface area contributed by atoms with Crippen molar-refractivity contribution in [3.05, 3.63) is 201 Å². The Kier molecular flexibility index (Phi) is 7.03. The third-order valence-corrected chi connectivity index (χ3v) is 13.6. The number of hydrogen-bond acceptors (Lipinski definition) is 2. The summed E-state index contributed by atoms with van der Waals surface area (Å²) in [6.07, 6.45) is 13.2. The SMILES string of the molecule is C1=CC(c2c3ccccc3c(-c3ccsc3)c3ccccc23)C2C(=C1)SC1=C2C=CCC1c1c2ccccc2c(-c2ccccc2)c2ccccc12. The maximum absolute atomic E-state index is 2.49. The van der Waals surface area contributed by atoms with Crippen LogP contribution in [0.3, 0.4) is 0 Å². The zero-order valence-corrected chi connectivity index (χ0v) is 30.1. The second-order valence-electron chi connectivity index (χ2n) is 14.2. The molecule has 0 spiro atoms. The molecule has 0 fully saturated rings. The molecule has 8 aromatic rings. The van der Waals surface area contributed by atoms with Gasteiger partial charge in [0.2, 0.25) is 0 Å². The van der Waals surface area contributed by atoms with Crippen LogP contribution < -0.4 is 0 Å². The maximum atomic E-state index is 2.49. The second kappa shape index (κ2) is 12.1. The summed E-state index contributed by atoms with van der Waals surface area (Å²) < 4.78 is 0. The molecule has 11 rings (SSSR count). The molecule has 3 atom stereocenters. The van der Waals surface area contributed by atoms with Gasteiger partial charge in [-0.3, -0.25) is 0 Å². The first-order valence-corrected chi connectivity index (χ1v) is 20.0. The highest BCUT2D eigenvalue weighted by Gasteiger charge is 2.42. The van der Waals surface area contributed by atoms with Gasteiger partial charge in [-0.2, -0.15) is 11.3 Å². The van der Waals surface area contributed by atoms with Gasteiger partial charge >= 0.3 is 0 Å².